The fourth-order valence-electron chi connectivity index (χ4n) is 3.34. The molecule has 0 bridgehead atoms. The lowest BCUT2D eigenvalue weighted by molar-refractivity contribution is 0.630. The average Bonchev–Trinajstić information content (AvgIpc) is 2.63. The maximum Gasteiger partial charge on any atom is 0.195 e. The number of fused-ring (bicyclic) bond motifs is 4. The molecular formula is C21H9Cl2FOS. The molecule has 0 radical (unpaired) electrons. The minimum absolute atomic E-state index is 0.160. The Morgan fingerprint density at radius 3 is 1.96 bits per heavy atom. The summed E-state index contributed by atoms with van der Waals surface area (Å²) in [5.41, 5.74) is -0.160. The van der Waals surface area contributed by atoms with Crippen molar-refractivity contribution in [3.8, 4) is 0 Å². The number of hydrogen-bond donors (Lipinski definition) is 0. The molecule has 5 heteroatoms. The van der Waals surface area contributed by atoms with Crippen LogP contribution in [0.15, 0.2) is 59.4 Å². The Hall–Kier alpha value is -2.20. The summed E-state index contributed by atoms with van der Waals surface area (Å²) >= 11 is 14.1. The van der Waals surface area contributed by atoms with Gasteiger partial charge in [0.1, 0.15) is 5.82 Å². The first-order chi connectivity index (χ1) is 12.5. The SMILES string of the molecule is O=c1c2cc(F)ccc2sc2cc3cc4c(Cl)ccc(Cl)c4cc3cc12. The van der Waals surface area contributed by atoms with E-state index in [-0.39, 0.29) is 5.43 Å². The molecule has 0 aliphatic carbocycles. The van der Waals surface area contributed by atoms with Gasteiger partial charge >= 0.3 is 0 Å². The van der Waals surface area contributed by atoms with Crippen molar-refractivity contribution in [2.24, 2.45) is 0 Å². The monoisotopic (exact) mass is 398 g/mol. The zero-order valence-electron chi connectivity index (χ0n) is 13.1. The van der Waals surface area contributed by atoms with Crippen molar-refractivity contribution in [3.63, 3.8) is 0 Å². The van der Waals surface area contributed by atoms with Gasteiger partial charge in [-0.05, 0) is 65.4 Å². The van der Waals surface area contributed by atoms with Crippen LogP contribution in [0.25, 0.3) is 41.7 Å². The lowest BCUT2D eigenvalue weighted by Gasteiger charge is -2.08. The van der Waals surface area contributed by atoms with Gasteiger partial charge in [-0.15, -0.1) is 11.3 Å². The van der Waals surface area contributed by atoms with Crippen molar-refractivity contribution in [1.29, 1.82) is 0 Å². The van der Waals surface area contributed by atoms with E-state index in [0.29, 0.717) is 20.8 Å². The van der Waals surface area contributed by atoms with Crippen LogP contribution in [-0.2, 0) is 0 Å². The Bertz CT molecular complexity index is 1440. The number of rotatable bonds is 0. The van der Waals surface area contributed by atoms with E-state index in [0.717, 1.165) is 30.9 Å². The Kier molecular flexibility index (Phi) is 3.48. The molecule has 5 rings (SSSR count). The van der Waals surface area contributed by atoms with Gasteiger partial charge in [0, 0.05) is 41.0 Å². The van der Waals surface area contributed by atoms with Crippen LogP contribution in [0.2, 0.25) is 10.0 Å². The van der Waals surface area contributed by atoms with E-state index in [4.69, 9.17) is 23.2 Å². The molecule has 0 N–H and O–H groups in total. The summed E-state index contributed by atoms with van der Waals surface area (Å²) in [4.78, 5) is 12.9. The van der Waals surface area contributed by atoms with Crippen LogP contribution in [-0.4, -0.2) is 0 Å². The lowest BCUT2D eigenvalue weighted by Crippen LogP contribution is -2.01. The molecule has 0 saturated carbocycles. The molecule has 0 aliphatic heterocycles. The minimum Gasteiger partial charge on any atom is -0.289 e. The Morgan fingerprint density at radius 2 is 1.27 bits per heavy atom. The third-order valence-corrected chi connectivity index (χ3v) is 6.41. The largest absolute Gasteiger partial charge is 0.289 e. The fourth-order valence-corrected chi connectivity index (χ4v) is 4.86. The number of hydrogen-bond acceptors (Lipinski definition) is 2. The summed E-state index contributed by atoms with van der Waals surface area (Å²) < 4.78 is 15.2. The Labute approximate surface area is 161 Å². The second kappa shape index (κ2) is 5.65. The van der Waals surface area contributed by atoms with Crippen molar-refractivity contribution in [1.82, 2.24) is 0 Å². The summed E-state index contributed by atoms with van der Waals surface area (Å²) in [6.45, 7) is 0. The van der Waals surface area contributed by atoms with E-state index in [1.54, 1.807) is 18.2 Å². The van der Waals surface area contributed by atoms with Crippen LogP contribution in [0.4, 0.5) is 4.39 Å². The lowest BCUT2D eigenvalue weighted by atomic mass is 10.0. The van der Waals surface area contributed by atoms with Crippen molar-refractivity contribution in [2.75, 3.05) is 0 Å². The van der Waals surface area contributed by atoms with Crippen LogP contribution in [0.5, 0.6) is 0 Å². The second-order valence-electron chi connectivity index (χ2n) is 6.19. The highest BCUT2D eigenvalue weighted by Crippen LogP contribution is 2.35. The van der Waals surface area contributed by atoms with Crippen molar-refractivity contribution in [3.05, 3.63) is 80.7 Å². The molecule has 0 unspecified atom stereocenters. The summed E-state index contributed by atoms with van der Waals surface area (Å²) in [5, 5.41) is 5.82. The van der Waals surface area contributed by atoms with Gasteiger partial charge < -0.3 is 0 Å². The van der Waals surface area contributed by atoms with E-state index in [9.17, 15) is 9.18 Å². The first kappa shape index (κ1) is 16.0. The molecule has 0 spiro atoms. The Balaban J connectivity index is 1.97. The minimum atomic E-state index is -0.408. The summed E-state index contributed by atoms with van der Waals surface area (Å²) in [7, 11) is 0. The summed E-state index contributed by atoms with van der Waals surface area (Å²) in [6.07, 6.45) is 0. The molecular weight excluding hydrogens is 390 g/mol. The van der Waals surface area contributed by atoms with Gasteiger partial charge in [0.15, 0.2) is 5.43 Å². The molecule has 0 fully saturated rings. The van der Waals surface area contributed by atoms with Gasteiger partial charge in [0.2, 0.25) is 0 Å². The maximum atomic E-state index is 13.6. The number of halogens is 3. The summed E-state index contributed by atoms with van der Waals surface area (Å²) in [5.74, 6) is -0.408. The van der Waals surface area contributed by atoms with Crippen LogP contribution >= 0.6 is 34.5 Å². The van der Waals surface area contributed by atoms with Crippen LogP contribution in [0.3, 0.4) is 0 Å². The van der Waals surface area contributed by atoms with E-state index in [1.165, 1.54) is 23.5 Å². The first-order valence-electron chi connectivity index (χ1n) is 7.89. The van der Waals surface area contributed by atoms with Gasteiger partial charge in [-0.3, -0.25) is 4.79 Å². The second-order valence-corrected chi connectivity index (χ2v) is 8.09. The third-order valence-electron chi connectivity index (χ3n) is 4.62. The van der Waals surface area contributed by atoms with Gasteiger partial charge in [-0.2, -0.15) is 0 Å². The molecule has 1 aromatic heterocycles. The molecule has 0 atom stereocenters. The molecule has 0 aliphatic rings. The van der Waals surface area contributed by atoms with Gasteiger partial charge in [0.25, 0.3) is 0 Å². The normalized spacial score (nSPS) is 11.8. The van der Waals surface area contributed by atoms with Crippen LogP contribution in [0, 0.1) is 5.82 Å². The zero-order chi connectivity index (χ0) is 18.0. The van der Waals surface area contributed by atoms with Crippen molar-refractivity contribution in [2.45, 2.75) is 0 Å². The quantitative estimate of drug-likeness (QED) is 0.252. The molecule has 26 heavy (non-hydrogen) atoms. The smallest absolute Gasteiger partial charge is 0.195 e. The van der Waals surface area contributed by atoms with Crippen LogP contribution in [0.1, 0.15) is 0 Å². The molecule has 126 valence electrons. The topological polar surface area (TPSA) is 17.1 Å². The van der Waals surface area contributed by atoms with E-state index < -0.39 is 5.82 Å². The first-order valence-corrected chi connectivity index (χ1v) is 9.46. The zero-order valence-corrected chi connectivity index (χ0v) is 15.5. The molecule has 4 aromatic carbocycles. The maximum absolute atomic E-state index is 13.6. The molecule has 0 amide bonds. The van der Waals surface area contributed by atoms with E-state index in [1.807, 2.05) is 24.3 Å². The number of benzene rings is 4. The molecule has 1 heterocycles. The highest BCUT2D eigenvalue weighted by molar-refractivity contribution is 7.24. The van der Waals surface area contributed by atoms with E-state index >= 15 is 0 Å². The predicted molar refractivity (Wildman–Crippen MR) is 111 cm³/mol. The summed E-state index contributed by atoms with van der Waals surface area (Å²) in [6, 6.07) is 15.6. The van der Waals surface area contributed by atoms with Gasteiger partial charge in [-0.1, -0.05) is 23.2 Å². The molecule has 1 nitrogen and oxygen atoms in total. The van der Waals surface area contributed by atoms with Crippen LogP contribution < -0.4 is 5.43 Å². The fraction of sp³-hybridized carbons (Fsp3) is 0. The van der Waals surface area contributed by atoms with Crippen molar-refractivity contribution >= 4 is 76.3 Å². The third kappa shape index (κ3) is 2.32. The predicted octanol–water partition coefficient (Wildman–Crippen LogP) is 7.17. The Morgan fingerprint density at radius 1 is 0.692 bits per heavy atom. The average molecular weight is 399 g/mol. The van der Waals surface area contributed by atoms with Gasteiger partial charge in [-0.25, -0.2) is 4.39 Å². The van der Waals surface area contributed by atoms with E-state index in [2.05, 4.69) is 0 Å². The molecule has 0 saturated heterocycles. The highest BCUT2D eigenvalue weighted by atomic mass is 35.5. The molecule has 5 aromatic rings. The highest BCUT2D eigenvalue weighted by Gasteiger charge is 2.11. The standard InChI is InChI=1S/C21H9Cl2FOS/c22-17-2-3-18(23)14-6-11-8-20-15(7-10(11)5-13(14)17)21(25)16-9-12(24)1-4-19(16)26-20/h1-9H. The van der Waals surface area contributed by atoms with Crippen molar-refractivity contribution < 1.29 is 4.39 Å². The van der Waals surface area contributed by atoms with Gasteiger partial charge in [0.05, 0.1) is 0 Å².